The number of halogens is 1. The number of nitrogens with one attached hydrogen (secondary N) is 1. The van der Waals surface area contributed by atoms with Crippen LogP contribution in [0.15, 0.2) is 46.9 Å². The van der Waals surface area contributed by atoms with Crippen molar-refractivity contribution in [2.45, 2.75) is 13.5 Å². The summed E-state index contributed by atoms with van der Waals surface area (Å²) in [6, 6.07) is 13.4. The lowest BCUT2D eigenvalue weighted by Gasteiger charge is -2.10. The van der Waals surface area contributed by atoms with Crippen molar-refractivity contribution in [1.82, 2.24) is 5.32 Å². The molecule has 0 atom stereocenters. The minimum absolute atomic E-state index is 0.137. The molecule has 2 rings (SSSR count). The highest BCUT2D eigenvalue weighted by molar-refractivity contribution is 9.10. The van der Waals surface area contributed by atoms with Crippen LogP contribution in [0.4, 0.5) is 0 Å². The Hall–Kier alpha value is -1.81. The molecule has 0 radical (unpaired) electrons. The van der Waals surface area contributed by atoms with E-state index < -0.39 is 0 Å². The summed E-state index contributed by atoms with van der Waals surface area (Å²) < 4.78 is 6.25. The van der Waals surface area contributed by atoms with Crippen LogP contribution in [0.3, 0.4) is 0 Å². The van der Waals surface area contributed by atoms with E-state index in [-0.39, 0.29) is 5.91 Å². The number of amides is 1. The zero-order valence-corrected chi connectivity index (χ0v) is 13.0. The number of rotatable bonds is 4. The summed E-state index contributed by atoms with van der Waals surface area (Å²) in [6.07, 6.45) is 0. The zero-order chi connectivity index (χ0) is 14.5. The maximum Gasteiger partial charge on any atom is 0.255 e. The van der Waals surface area contributed by atoms with E-state index in [1.54, 1.807) is 13.2 Å². The summed E-state index contributed by atoms with van der Waals surface area (Å²) in [7, 11) is 1.57. The van der Waals surface area contributed by atoms with Gasteiger partial charge in [0.2, 0.25) is 0 Å². The quantitative estimate of drug-likeness (QED) is 0.926. The molecule has 0 fully saturated rings. The molecule has 0 spiro atoms. The molecule has 1 N–H and O–H groups in total. The monoisotopic (exact) mass is 333 g/mol. The third kappa shape index (κ3) is 3.61. The summed E-state index contributed by atoms with van der Waals surface area (Å²) in [6.45, 7) is 2.45. The van der Waals surface area contributed by atoms with Crippen LogP contribution in [0.2, 0.25) is 0 Å². The summed E-state index contributed by atoms with van der Waals surface area (Å²) in [5.74, 6) is 0.457. The van der Waals surface area contributed by atoms with E-state index in [2.05, 4.69) is 21.2 Å². The number of aryl methyl sites for hydroxylation is 1. The van der Waals surface area contributed by atoms with Crippen molar-refractivity contribution in [3.8, 4) is 5.75 Å². The van der Waals surface area contributed by atoms with Gasteiger partial charge in [-0.1, -0.05) is 34.1 Å². The first-order valence-electron chi connectivity index (χ1n) is 6.27. The Labute approximate surface area is 127 Å². The average Bonchev–Trinajstić information content (AvgIpc) is 2.44. The summed E-state index contributed by atoms with van der Waals surface area (Å²) >= 11 is 3.41. The number of methoxy groups -OCH3 is 1. The van der Waals surface area contributed by atoms with E-state index >= 15 is 0 Å². The van der Waals surface area contributed by atoms with E-state index in [4.69, 9.17) is 4.74 Å². The highest BCUT2D eigenvalue weighted by Crippen LogP contribution is 2.20. The molecule has 4 heteroatoms. The number of carbonyl (C=O) groups is 1. The van der Waals surface area contributed by atoms with Crippen molar-refractivity contribution in [1.29, 1.82) is 0 Å². The zero-order valence-electron chi connectivity index (χ0n) is 11.4. The van der Waals surface area contributed by atoms with Crippen molar-refractivity contribution < 1.29 is 9.53 Å². The van der Waals surface area contributed by atoms with Gasteiger partial charge in [0.05, 0.1) is 12.7 Å². The Morgan fingerprint density at radius 2 is 2.05 bits per heavy atom. The van der Waals surface area contributed by atoms with Gasteiger partial charge >= 0.3 is 0 Å². The summed E-state index contributed by atoms with van der Waals surface area (Å²) in [5.41, 5.74) is 2.65. The van der Waals surface area contributed by atoms with E-state index in [1.165, 1.54) is 0 Å². The van der Waals surface area contributed by atoms with Gasteiger partial charge in [0.1, 0.15) is 5.75 Å². The molecular weight excluding hydrogens is 318 g/mol. The second-order valence-electron chi connectivity index (χ2n) is 4.52. The van der Waals surface area contributed by atoms with Crippen LogP contribution >= 0.6 is 15.9 Å². The van der Waals surface area contributed by atoms with Gasteiger partial charge in [-0.15, -0.1) is 0 Å². The highest BCUT2D eigenvalue weighted by Gasteiger charge is 2.11. The topological polar surface area (TPSA) is 38.3 Å². The van der Waals surface area contributed by atoms with Gasteiger partial charge < -0.3 is 10.1 Å². The van der Waals surface area contributed by atoms with Crippen LogP contribution in [0, 0.1) is 6.92 Å². The van der Waals surface area contributed by atoms with Gasteiger partial charge in [0, 0.05) is 11.0 Å². The Balaban J connectivity index is 2.09. The first-order valence-corrected chi connectivity index (χ1v) is 7.06. The standard InChI is InChI=1S/C16H16BrNO2/c1-11-6-7-14(15(8-11)20-2)16(19)18-10-12-4-3-5-13(17)9-12/h3-9H,10H2,1-2H3,(H,18,19). The van der Waals surface area contributed by atoms with Crippen LogP contribution in [-0.2, 0) is 6.54 Å². The average molecular weight is 334 g/mol. The van der Waals surface area contributed by atoms with E-state index in [0.29, 0.717) is 17.9 Å². The first kappa shape index (κ1) is 14.6. The van der Waals surface area contributed by atoms with Gasteiger partial charge in [-0.3, -0.25) is 4.79 Å². The fourth-order valence-electron chi connectivity index (χ4n) is 1.91. The summed E-state index contributed by atoms with van der Waals surface area (Å²) in [5, 5.41) is 2.90. The third-order valence-corrected chi connectivity index (χ3v) is 3.44. The van der Waals surface area contributed by atoms with Crippen LogP contribution in [0.1, 0.15) is 21.5 Å². The van der Waals surface area contributed by atoms with Crippen molar-refractivity contribution in [2.24, 2.45) is 0 Å². The molecule has 20 heavy (non-hydrogen) atoms. The van der Waals surface area contributed by atoms with Crippen LogP contribution in [-0.4, -0.2) is 13.0 Å². The molecule has 0 saturated carbocycles. The molecule has 1 amide bonds. The smallest absolute Gasteiger partial charge is 0.255 e. The van der Waals surface area contributed by atoms with Crippen molar-refractivity contribution in [2.75, 3.05) is 7.11 Å². The van der Waals surface area contributed by atoms with Gasteiger partial charge in [0.25, 0.3) is 5.91 Å². The lowest BCUT2D eigenvalue weighted by atomic mass is 10.1. The van der Waals surface area contributed by atoms with Crippen molar-refractivity contribution in [3.05, 3.63) is 63.6 Å². The van der Waals surface area contributed by atoms with Gasteiger partial charge in [0.15, 0.2) is 0 Å². The normalized spacial score (nSPS) is 10.2. The summed E-state index contributed by atoms with van der Waals surface area (Å²) in [4.78, 5) is 12.2. The molecule has 0 aliphatic carbocycles. The number of carbonyl (C=O) groups excluding carboxylic acids is 1. The maximum absolute atomic E-state index is 12.2. The Morgan fingerprint density at radius 1 is 1.25 bits per heavy atom. The Morgan fingerprint density at radius 3 is 2.75 bits per heavy atom. The molecule has 0 saturated heterocycles. The van der Waals surface area contributed by atoms with Crippen molar-refractivity contribution in [3.63, 3.8) is 0 Å². The fraction of sp³-hybridized carbons (Fsp3) is 0.188. The van der Waals surface area contributed by atoms with Gasteiger partial charge in [-0.2, -0.15) is 0 Å². The minimum Gasteiger partial charge on any atom is -0.496 e. The van der Waals surface area contributed by atoms with E-state index in [1.807, 2.05) is 43.3 Å². The molecule has 2 aromatic rings. The van der Waals surface area contributed by atoms with E-state index in [0.717, 1.165) is 15.6 Å². The third-order valence-electron chi connectivity index (χ3n) is 2.94. The SMILES string of the molecule is COc1cc(C)ccc1C(=O)NCc1cccc(Br)c1. The van der Waals surface area contributed by atoms with E-state index in [9.17, 15) is 4.79 Å². The molecule has 0 aliphatic rings. The number of benzene rings is 2. The lowest BCUT2D eigenvalue weighted by Crippen LogP contribution is -2.23. The predicted molar refractivity (Wildman–Crippen MR) is 83.0 cm³/mol. The van der Waals surface area contributed by atoms with Gasteiger partial charge in [-0.05, 0) is 42.3 Å². The predicted octanol–water partition coefficient (Wildman–Crippen LogP) is 3.70. The first-order chi connectivity index (χ1) is 9.60. The molecular formula is C16H16BrNO2. The number of hydrogen-bond acceptors (Lipinski definition) is 2. The van der Waals surface area contributed by atoms with Crippen LogP contribution in [0.25, 0.3) is 0 Å². The Bertz CT molecular complexity index is 626. The highest BCUT2D eigenvalue weighted by atomic mass is 79.9. The van der Waals surface area contributed by atoms with Crippen LogP contribution < -0.4 is 10.1 Å². The molecule has 2 aromatic carbocycles. The molecule has 3 nitrogen and oxygen atoms in total. The van der Waals surface area contributed by atoms with Crippen LogP contribution in [0.5, 0.6) is 5.75 Å². The maximum atomic E-state index is 12.2. The fourth-order valence-corrected chi connectivity index (χ4v) is 2.36. The molecule has 0 bridgehead atoms. The van der Waals surface area contributed by atoms with Crippen molar-refractivity contribution >= 4 is 21.8 Å². The second-order valence-corrected chi connectivity index (χ2v) is 5.43. The number of ether oxygens (including phenoxy) is 1. The lowest BCUT2D eigenvalue weighted by molar-refractivity contribution is 0.0948. The number of hydrogen-bond donors (Lipinski definition) is 1. The molecule has 0 heterocycles. The molecule has 0 unspecified atom stereocenters. The van der Waals surface area contributed by atoms with Gasteiger partial charge in [-0.25, -0.2) is 0 Å². The Kier molecular flexibility index (Phi) is 4.79. The second kappa shape index (κ2) is 6.57. The molecule has 0 aliphatic heterocycles. The molecule has 104 valence electrons. The largest absolute Gasteiger partial charge is 0.496 e. The minimum atomic E-state index is -0.137. The molecule has 0 aromatic heterocycles.